The van der Waals surface area contributed by atoms with Crippen LogP contribution in [-0.2, 0) is 4.74 Å². The lowest BCUT2D eigenvalue weighted by Crippen LogP contribution is -2.38. The molecule has 2 heteroatoms. The molecule has 1 saturated heterocycles. The molecule has 0 spiro atoms. The van der Waals surface area contributed by atoms with Crippen LogP contribution in [0, 0.1) is 5.92 Å². The van der Waals surface area contributed by atoms with Gasteiger partial charge in [0.25, 0.3) is 0 Å². The van der Waals surface area contributed by atoms with E-state index in [4.69, 9.17) is 4.74 Å². The van der Waals surface area contributed by atoms with E-state index in [0.717, 1.165) is 32.2 Å². The second-order valence-electron chi connectivity index (χ2n) is 3.43. The maximum atomic E-state index is 5.27. The molecule has 0 saturated carbocycles. The van der Waals surface area contributed by atoms with Gasteiger partial charge in [-0.15, -0.1) is 0 Å². The van der Waals surface area contributed by atoms with E-state index in [2.05, 4.69) is 18.7 Å². The van der Waals surface area contributed by atoms with Crippen LogP contribution in [0.5, 0.6) is 0 Å². The highest BCUT2D eigenvalue weighted by atomic mass is 16.5. The van der Waals surface area contributed by atoms with Crippen molar-refractivity contribution in [2.24, 2.45) is 5.92 Å². The summed E-state index contributed by atoms with van der Waals surface area (Å²) in [5.41, 5.74) is 0. The van der Waals surface area contributed by atoms with Gasteiger partial charge in [-0.2, -0.15) is 0 Å². The van der Waals surface area contributed by atoms with Crippen LogP contribution in [0.15, 0.2) is 0 Å². The van der Waals surface area contributed by atoms with E-state index < -0.39 is 0 Å². The smallest absolute Gasteiger partial charge is 0.0594 e. The summed E-state index contributed by atoms with van der Waals surface area (Å²) in [6.45, 7) is 9.93. The van der Waals surface area contributed by atoms with Crippen LogP contribution in [0.25, 0.3) is 0 Å². The lowest BCUT2D eigenvalue weighted by molar-refractivity contribution is 0.0316. The highest BCUT2D eigenvalue weighted by Crippen LogP contribution is 2.05. The zero-order chi connectivity index (χ0) is 8.10. The van der Waals surface area contributed by atoms with Gasteiger partial charge in [0.1, 0.15) is 0 Å². The molecule has 2 nitrogen and oxygen atoms in total. The predicted octanol–water partition coefficient (Wildman–Crippen LogP) is 1.36. The van der Waals surface area contributed by atoms with Gasteiger partial charge in [0.2, 0.25) is 0 Å². The first kappa shape index (κ1) is 9.01. The van der Waals surface area contributed by atoms with Crippen LogP contribution in [0.2, 0.25) is 0 Å². The zero-order valence-electron chi connectivity index (χ0n) is 7.68. The second-order valence-corrected chi connectivity index (χ2v) is 3.43. The van der Waals surface area contributed by atoms with Gasteiger partial charge in [0.05, 0.1) is 13.2 Å². The van der Waals surface area contributed by atoms with Crippen LogP contribution in [0.4, 0.5) is 0 Å². The molecule has 1 fully saturated rings. The summed E-state index contributed by atoms with van der Waals surface area (Å²) in [6, 6.07) is 0. The molecule has 66 valence electrons. The quantitative estimate of drug-likeness (QED) is 0.613. The number of nitrogens with zero attached hydrogens (tertiary/aromatic N) is 1. The number of rotatable bonds is 3. The molecule has 1 aliphatic heterocycles. The van der Waals surface area contributed by atoms with Crippen LogP contribution >= 0.6 is 0 Å². The minimum absolute atomic E-state index is 0.841. The fourth-order valence-electron chi connectivity index (χ4n) is 1.35. The molecule has 0 aromatic carbocycles. The summed E-state index contributed by atoms with van der Waals surface area (Å²) in [4.78, 5) is 2.50. The molecule has 0 bridgehead atoms. The second kappa shape index (κ2) is 4.73. The summed E-state index contributed by atoms with van der Waals surface area (Å²) in [6.07, 6.45) is 1.29. The number of hydrogen-bond acceptors (Lipinski definition) is 2. The Morgan fingerprint density at radius 3 is 2.55 bits per heavy atom. The van der Waals surface area contributed by atoms with Crippen molar-refractivity contribution in [1.82, 2.24) is 4.90 Å². The normalized spacial score (nSPS) is 23.5. The summed E-state index contributed by atoms with van der Waals surface area (Å²) in [7, 11) is 0. The Labute approximate surface area is 69.5 Å². The summed E-state index contributed by atoms with van der Waals surface area (Å²) in [5, 5.41) is 0. The van der Waals surface area contributed by atoms with Gasteiger partial charge in [-0.3, -0.25) is 4.90 Å². The van der Waals surface area contributed by atoms with Crippen molar-refractivity contribution >= 4 is 0 Å². The molecule has 11 heavy (non-hydrogen) atoms. The average Bonchev–Trinajstić information content (AvgIpc) is 2.06. The maximum Gasteiger partial charge on any atom is 0.0594 e. The van der Waals surface area contributed by atoms with Crippen molar-refractivity contribution in [2.45, 2.75) is 20.3 Å². The van der Waals surface area contributed by atoms with Crippen LogP contribution < -0.4 is 0 Å². The van der Waals surface area contributed by atoms with Gasteiger partial charge in [-0.05, 0) is 5.92 Å². The largest absolute Gasteiger partial charge is 0.379 e. The molecule has 0 aliphatic carbocycles. The molecule has 0 N–H and O–H groups in total. The predicted molar refractivity (Wildman–Crippen MR) is 46.7 cm³/mol. The van der Waals surface area contributed by atoms with E-state index in [1.54, 1.807) is 0 Å². The fourth-order valence-corrected chi connectivity index (χ4v) is 1.35. The van der Waals surface area contributed by atoms with Gasteiger partial charge in [-0.1, -0.05) is 20.3 Å². The Morgan fingerprint density at radius 1 is 1.36 bits per heavy atom. The van der Waals surface area contributed by atoms with Crippen LogP contribution in [0.3, 0.4) is 0 Å². The van der Waals surface area contributed by atoms with Gasteiger partial charge >= 0.3 is 0 Å². The van der Waals surface area contributed by atoms with Crippen molar-refractivity contribution in [3.8, 4) is 0 Å². The molecule has 1 unspecified atom stereocenters. The third-order valence-corrected chi connectivity index (χ3v) is 2.37. The van der Waals surface area contributed by atoms with E-state index in [1.807, 2.05) is 0 Å². The lowest BCUT2D eigenvalue weighted by atomic mass is 10.1. The van der Waals surface area contributed by atoms with Gasteiger partial charge in [-0.25, -0.2) is 0 Å². The molecular formula is C9H19NO. The summed E-state index contributed by atoms with van der Waals surface area (Å²) < 4.78 is 5.27. The number of morpholine rings is 1. The molecular weight excluding hydrogens is 138 g/mol. The number of hydrogen-bond donors (Lipinski definition) is 0. The monoisotopic (exact) mass is 157 g/mol. The van der Waals surface area contributed by atoms with E-state index in [1.165, 1.54) is 13.0 Å². The molecule has 0 radical (unpaired) electrons. The van der Waals surface area contributed by atoms with E-state index >= 15 is 0 Å². The van der Waals surface area contributed by atoms with E-state index in [0.29, 0.717) is 0 Å². The van der Waals surface area contributed by atoms with Crippen molar-refractivity contribution in [3.05, 3.63) is 0 Å². The first-order chi connectivity index (χ1) is 5.33. The van der Waals surface area contributed by atoms with Crippen LogP contribution in [-0.4, -0.2) is 37.7 Å². The topological polar surface area (TPSA) is 12.5 Å². The highest BCUT2D eigenvalue weighted by Gasteiger charge is 2.11. The Morgan fingerprint density at radius 2 is 2.00 bits per heavy atom. The standard InChI is InChI=1S/C9H19NO/c1-3-9(2)8-10-4-6-11-7-5-10/h9H,3-8H2,1-2H3. The van der Waals surface area contributed by atoms with Gasteiger partial charge in [0.15, 0.2) is 0 Å². The van der Waals surface area contributed by atoms with Crippen molar-refractivity contribution in [2.75, 3.05) is 32.8 Å². The first-order valence-electron chi connectivity index (χ1n) is 4.63. The average molecular weight is 157 g/mol. The van der Waals surface area contributed by atoms with Crippen LogP contribution in [0.1, 0.15) is 20.3 Å². The molecule has 1 rings (SSSR count). The summed E-state index contributed by atoms with van der Waals surface area (Å²) in [5.74, 6) is 0.841. The fraction of sp³-hybridized carbons (Fsp3) is 1.00. The Kier molecular flexibility index (Phi) is 3.87. The van der Waals surface area contributed by atoms with E-state index in [9.17, 15) is 0 Å². The van der Waals surface area contributed by atoms with Gasteiger partial charge in [0, 0.05) is 19.6 Å². The minimum atomic E-state index is 0.841. The van der Waals surface area contributed by atoms with Gasteiger partial charge < -0.3 is 4.74 Å². The molecule has 1 aliphatic rings. The van der Waals surface area contributed by atoms with Crippen molar-refractivity contribution < 1.29 is 4.74 Å². The Hall–Kier alpha value is -0.0800. The highest BCUT2D eigenvalue weighted by molar-refractivity contribution is 4.64. The third kappa shape index (κ3) is 3.21. The maximum absolute atomic E-state index is 5.27. The molecule has 1 heterocycles. The lowest BCUT2D eigenvalue weighted by Gasteiger charge is -2.28. The molecule has 0 amide bonds. The van der Waals surface area contributed by atoms with E-state index in [-0.39, 0.29) is 0 Å². The summed E-state index contributed by atoms with van der Waals surface area (Å²) >= 11 is 0. The van der Waals surface area contributed by atoms with Crippen molar-refractivity contribution in [1.29, 1.82) is 0 Å². The first-order valence-corrected chi connectivity index (χ1v) is 4.63. The van der Waals surface area contributed by atoms with Crippen molar-refractivity contribution in [3.63, 3.8) is 0 Å². The SMILES string of the molecule is CCC(C)CN1CCOCC1. The Balaban J connectivity index is 2.13. The third-order valence-electron chi connectivity index (χ3n) is 2.37. The zero-order valence-corrected chi connectivity index (χ0v) is 7.68. The molecule has 0 aromatic heterocycles. The molecule has 0 aromatic rings. The Bertz CT molecular complexity index is 99.7. The minimum Gasteiger partial charge on any atom is -0.379 e. The number of ether oxygens (including phenoxy) is 1. The molecule has 1 atom stereocenters.